The molecule has 0 aromatic heterocycles. The number of rotatable bonds is 2. The monoisotopic (exact) mass is 410 g/mol. The van der Waals surface area contributed by atoms with Gasteiger partial charge >= 0.3 is 0 Å². The molecule has 0 unspecified atom stereocenters. The third-order valence-electron chi connectivity index (χ3n) is 2.55. The molecular weight excluding hydrogens is 378 g/mol. The number of benzene rings is 2. The minimum atomic E-state index is 0. The van der Waals surface area contributed by atoms with Crippen molar-refractivity contribution in [2.75, 3.05) is 26.7 Å². The topological polar surface area (TPSA) is 0 Å². The number of hydrogen-bond acceptors (Lipinski definition) is 0. The van der Waals surface area contributed by atoms with Crippen LogP contribution in [0.5, 0.6) is 0 Å². The third-order valence-corrected chi connectivity index (χ3v) is 5.21. The van der Waals surface area contributed by atoms with Gasteiger partial charge in [0.05, 0.1) is 0 Å². The van der Waals surface area contributed by atoms with E-state index in [2.05, 4.69) is 115 Å². The summed E-state index contributed by atoms with van der Waals surface area (Å²) in [6, 6.07) is 21.2. The van der Waals surface area contributed by atoms with Crippen molar-refractivity contribution in [2.45, 2.75) is 0 Å². The standard InChI is InChI=1S/2C8H11P.2C3H5.Cr/c2*1-9(2)8-6-4-3-5-7-8;2*1-3-2;/h2*3-7H,1-2H3;2*3H,1-2H2;. The summed E-state index contributed by atoms with van der Waals surface area (Å²) in [5.41, 5.74) is 0. The Labute approximate surface area is 171 Å². The first-order chi connectivity index (χ1) is 11.4. The SMILES string of the molecule is CP(C)c1ccccc1.CP(C)c1ccccc1.[CH2][CH][CH2].[CH2][CH][CH2].[Cr]. The Morgan fingerprint density at radius 3 is 0.880 bits per heavy atom. The molecule has 0 atom stereocenters. The molecule has 0 aliphatic rings. The van der Waals surface area contributed by atoms with Crippen LogP contribution in [0.15, 0.2) is 60.7 Å². The molecule has 0 bridgehead atoms. The predicted molar refractivity (Wildman–Crippen MR) is 120 cm³/mol. The molecule has 0 aliphatic carbocycles. The molecule has 2 aromatic rings. The van der Waals surface area contributed by atoms with E-state index in [-0.39, 0.29) is 33.2 Å². The van der Waals surface area contributed by atoms with Gasteiger partial charge in [-0.25, -0.2) is 0 Å². The molecule has 0 saturated carbocycles. The summed E-state index contributed by atoms with van der Waals surface area (Å²) in [4.78, 5) is 0. The fourth-order valence-electron chi connectivity index (χ4n) is 1.45. The maximum atomic E-state index is 3.25. The zero-order chi connectivity index (χ0) is 18.8. The molecular formula is C22H32CrP2. The first kappa shape index (κ1) is 29.6. The molecule has 2 rings (SSSR count). The van der Waals surface area contributed by atoms with E-state index in [0.29, 0.717) is 0 Å². The average Bonchev–Trinajstić information content (AvgIpc) is 2.58. The molecule has 0 N–H and O–H groups in total. The van der Waals surface area contributed by atoms with Crippen LogP contribution in [0.4, 0.5) is 0 Å². The van der Waals surface area contributed by atoms with Gasteiger partial charge < -0.3 is 0 Å². The summed E-state index contributed by atoms with van der Waals surface area (Å²) in [7, 11) is 0.209. The van der Waals surface area contributed by atoms with Crippen LogP contribution in [0.2, 0.25) is 0 Å². The van der Waals surface area contributed by atoms with Crippen molar-refractivity contribution in [3.8, 4) is 0 Å². The average molecular weight is 410 g/mol. The maximum absolute atomic E-state index is 3.25. The van der Waals surface area contributed by atoms with Gasteiger partial charge in [0, 0.05) is 17.4 Å². The van der Waals surface area contributed by atoms with Gasteiger partial charge in [-0.3, -0.25) is 0 Å². The smallest absolute Gasteiger partial charge is 0 e. The molecule has 0 heterocycles. The molecule has 0 fully saturated rings. The van der Waals surface area contributed by atoms with E-state index >= 15 is 0 Å². The zero-order valence-electron chi connectivity index (χ0n) is 16.1. The second-order valence-electron chi connectivity index (χ2n) is 5.04. The van der Waals surface area contributed by atoms with E-state index in [4.69, 9.17) is 0 Å². The van der Waals surface area contributed by atoms with Crippen LogP contribution < -0.4 is 10.6 Å². The summed E-state index contributed by atoms with van der Waals surface area (Å²) < 4.78 is 0. The van der Waals surface area contributed by atoms with Crippen LogP contribution >= 0.6 is 15.8 Å². The fourth-order valence-corrected chi connectivity index (χ4v) is 2.99. The van der Waals surface area contributed by atoms with Crippen LogP contribution in [0.1, 0.15) is 0 Å². The van der Waals surface area contributed by atoms with E-state index in [1.165, 1.54) is 23.5 Å². The summed E-state index contributed by atoms with van der Waals surface area (Å²) in [5.74, 6) is 0. The van der Waals surface area contributed by atoms with Crippen LogP contribution in [0.3, 0.4) is 0 Å². The van der Waals surface area contributed by atoms with Gasteiger partial charge in [-0.05, 0) is 77.8 Å². The van der Waals surface area contributed by atoms with Gasteiger partial charge in [0.1, 0.15) is 0 Å². The van der Waals surface area contributed by atoms with Crippen LogP contribution in [0, 0.1) is 40.5 Å². The summed E-state index contributed by atoms with van der Waals surface area (Å²) >= 11 is 0. The quantitative estimate of drug-likeness (QED) is 0.547. The number of hydrogen-bond donors (Lipinski definition) is 0. The van der Waals surface area contributed by atoms with Gasteiger partial charge in [0.25, 0.3) is 0 Å². The molecule has 0 nitrogen and oxygen atoms in total. The first-order valence-corrected chi connectivity index (χ1v) is 12.2. The molecule has 0 spiro atoms. The Morgan fingerprint density at radius 2 is 0.760 bits per heavy atom. The van der Waals surface area contributed by atoms with Crippen molar-refractivity contribution in [3.05, 3.63) is 101 Å². The van der Waals surface area contributed by atoms with E-state index in [0.717, 1.165) is 0 Å². The Bertz CT molecular complexity index is 410. The van der Waals surface area contributed by atoms with Crippen molar-refractivity contribution in [3.63, 3.8) is 0 Å². The minimum absolute atomic E-state index is 0. The second-order valence-corrected chi connectivity index (χ2v) is 9.65. The molecule has 2 aromatic carbocycles. The molecule has 0 amide bonds. The largest absolute Gasteiger partial charge is 0.0817 e. The predicted octanol–water partition coefficient (Wildman–Crippen LogP) is 5.82. The van der Waals surface area contributed by atoms with Crippen LogP contribution in [-0.2, 0) is 17.4 Å². The summed E-state index contributed by atoms with van der Waals surface area (Å²) in [6.07, 6.45) is 3.00. The van der Waals surface area contributed by atoms with E-state index < -0.39 is 0 Å². The van der Waals surface area contributed by atoms with Crippen molar-refractivity contribution >= 4 is 26.5 Å². The van der Waals surface area contributed by atoms with Crippen molar-refractivity contribution in [2.24, 2.45) is 0 Å². The molecule has 0 saturated heterocycles. The van der Waals surface area contributed by atoms with Crippen LogP contribution in [0.25, 0.3) is 0 Å². The molecule has 3 heteroatoms. The minimum Gasteiger partial charge on any atom is -0.0817 e. The summed E-state index contributed by atoms with van der Waals surface area (Å²) in [6.45, 7) is 22.1. The normalized spacial score (nSPS) is 8.72. The third kappa shape index (κ3) is 20.0. The Morgan fingerprint density at radius 1 is 0.560 bits per heavy atom. The second kappa shape index (κ2) is 21.9. The van der Waals surface area contributed by atoms with Crippen molar-refractivity contribution in [1.29, 1.82) is 0 Å². The fraction of sp³-hybridized carbons (Fsp3) is 0.182. The Balaban J connectivity index is -0.000000287. The zero-order valence-corrected chi connectivity index (χ0v) is 19.1. The van der Waals surface area contributed by atoms with E-state index in [1.54, 1.807) is 0 Å². The van der Waals surface area contributed by atoms with Gasteiger partial charge in [0.2, 0.25) is 0 Å². The van der Waals surface area contributed by atoms with Crippen molar-refractivity contribution < 1.29 is 17.4 Å². The van der Waals surface area contributed by atoms with Gasteiger partial charge in [-0.15, -0.1) is 0 Å². The van der Waals surface area contributed by atoms with Gasteiger partial charge in [-0.1, -0.05) is 76.5 Å². The van der Waals surface area contributed by atoms with Gasteiger partial charge in [-0.2, -0.15) is 0 Å². The maximum Gasteiger partial charge on any atom is 0 e. The van der Waals surface area contributed by atoms with Gasteiger partial charge in [0.15, 0.2) is 0 Å². The molecule has 25 heavy (non-hydrogen) atoms. The first-order valence-electron chi connectivity index (χ1n) is 7.69. The molecule has 6 radical (unpaired) electrons. The van der Waals surface area contributed by atoms with E-state index in [1.807, 2.05) is 0 Å². The van der Waals surface area contributed by atoms with Crippen molar-refractivity contribution in [1.82, 2.24) is 0 Å². The molecule has 0 aliphatic heterocycles. The van der Waals surface area contributed by atoms with Crippen LogP contribution in [-0.4, -0.2) is 26.7 Å². The van der Waals surface area contributed by atoms with E-state index in [9.17, 15) is 0 Å². The summed E-state index contributed by atoms with van der Waals surface area (Å²) in [5, 5.41) is 2.96. The Hall–Kier alpha value is -0.168. The Kier molecular flexibility index (Phi) is 25.9. The molecule has 136 valence electrons.